The molecule has 1 aliphatic rings. The number of hydrogen-bond donors (Lipinski definition) is 0. The summed E-state index contributed by atoms with van der Waals surface area (Å²) >= 11 is 0. The lowest BCUT2D eigenvalue weighted by Gasteiger charge is -2.38. The Morgan fingerprint density at radius 2 is 1.57 bits per heavy atom. The average Bonchev–Trinajstić information content (AvgIpc) is 2.71. The predicted molar refractivity (Wildman–Crippen MR) is 113 cm³/mol. The van der Waals surface area contributed by atoms with Gasteiger partial charge in [0.2, 0.25) is 0 Å². The van der Waals surface area contributed by atoms with Crippen LogP contribution in [0.3, 0.4) is 0 Å². The summed E-state index contributed by atoms with van der Waals surface area (Å²) in [4.78, 5) is 12.4. The number of sulfone groups is 1. The van der Waals surface area contributed by atoms with Crippen LogP contribution >= 0.6 is 0 Å². The summed E-state index contributed by atoms with van der Waals surface area (Å²) in [5.74, 6) is 0.611. The van der Waals surface area contributed by atoms with Crippen molar-refractivity contribution in [3.63, 3.8) is 0 Å². The van der Waals surface area contributed by atoms with Crippen LogP contribution in [0, 0.1) is 5.92 Å². The fraction of sp³-hybridized carbons (Fsp3) is 0.375. The van der Waals surface area contributed by atoms with Crippen LogP contribution in [0.25, 0.3) is 0 Å². The number of ketones is 1. The molecule has 0 fully saturated rings. The van der Waals surface area contributed by atoms with Gasteiger partial charge in [-0.2, -0.15) is 0 Å². The number of allylic oxidation sites excluding steroid dienone is 2. The molecular formula is C24H28O3S. The molecule has 0 N–H and O–H groups in total. The van der Waals surface area contributed by atoms with Crippen molar-refractivity contribution in [2.24, 2.45) is 5.92 Å². The highest BCUT2D eigenvalue weighted by Crippen LogP contribution is 2.41. The molecule has 3 nitrogen and oxygen atoms in total. The molecule has 148 valence electrons. The zero-order valence-corrected chi connectivity index (χ0v) is 17.2. The SMILES string of the molecule is C[C@@]1(c2ccccc2)C=CC(=O)C[C@H]1CCCCCS(=O)(=O)c1ccccc1. The van der Waals surface area contributed by atoms with Crippen LogP contribution in [0.4, 0.5) is 0 Å². The summed E-state index contributed by atoms with van der Waals surface area (Å²) in [5.41, 5.74) is 1.08. The third kappa shape index (κ3) is 4.79. The van der Waals surface area contributed by atoms with Crippen molar-refractivity contribution in [2.75, 3.05) is 5.75 Å². The fourth-order valence-corrected chi connectivity index (χ4v) is 5.45. The average molecular weight is 397 g/mol. The monoisotopic (exact) mass is 396 g/mol. The number of carbonyl (C=O) groups excluding carboxylic acids is 1. The molecule has 0 bridgehead atoms. The van der Waals surface area contributed by atoms with Gasteiger partial charge in [-0.05, 0) is 42.5 Å². The standard InChI is InChI=1S/C24H28O3S/c1-24(20-11-5-2-6-12-20)17-16-22(25)19-21(24)13-7-4-10-18-28(26,27)23-14-8-3-9-15-23/h2-3,5-6,8-9,11-12,14-17,21H,4,7,10,13,18-19H2,1H3/t21-,24+/m1/s1. The predicted octanol–water partition coefficient (Wildman–Crippen LogP) is 5.12. The maximum absolute atomic E-state index is 12.4. The Morgan fingerprint density at radius 3 is 2.25 bits per heavy atom. The van der Waals surface area contributed by atoms with Gasteiger partial charge in [0.25, 0.3) is 0 Å². The highest BCUT2D eigenvalue weighted by Gasteiger charge is 2.36. The maximum atomic E-state index is 12.4. The van der Waals surface area contributed by atoms with E-state index >= 15 is 0 Å². The molecule has 4 heteroatoms. The molecule has 0 saturated carbocycles. The van der Waals surface area contributed by atoms with Gasteiger partial charge in [0.1, 0.15) is 0 Å². The van der Waals surface area contributed by atoms with E-state index in [1.165, 1.54) is 5.56 Å². The smallest absolute Gasteiger partial charge is 0.178 e. The summed E-state index contributed by atoms with van der Waals surface area (Å²) in [6, 6.07) is 19.0. The van der Waals surface area contributed by atoms with Crippen molar-refractivity contribution in [3.8, 4) is 0 Å². The van der Waals surface area contributed by atoms with Crippen LogP contribution in [-0.4, -0.2) is 20.0 Å². The Labute approximate surface area is 168 Å². The highest BCUT2D eigenvalue weighted by molar-refractivity contribution is 7.91. The number of hydrogen-bond acceptors (Lipinski definition) is 3. The zero-order valence-electron chi connectivity index (χ0n) is 16.4. The van der Waals surface area contributed by atoms with E-state index in [-0.39, 0.29) is 22.9 Å². The topological polar surface area (TPSA) is 51.2 Å². The van der Waals surface area contributed by atoms with Crippen LogP contribution in [0.2, 0.25) is 0 Å². The van der Waals surface area contributed by atoms with Gasteiger partial charge in [-0.25, -0.2) is 8.42 Å². The Bertz CT molecular complexity index is 917. The minimum atomic E-state index is -3.21. The second-order valence-electron chi connectivity index (χ2n) is 7.83. The lowest BCUT2D eigenvalue weighted by molar-refractivity contribution is -0.116. The molecule has 0 heterocycles. The summed E-state index contributed by atoms with van der Waals surface area (Å²) in [7, 11) is -3.21. The van der Waals surface area contributed by atoms with E-state index in [2.05, 4.69) is 25.1 Å². The lowest BCUT2D eigenvalue weighted by atomic mass is 9.65. The molecule has 3 rings (SSSR count). The first-order valence-corrected chi connectivity index (χ1v) is 11.6. The van der Waals surface area contributed by atoms with E-state index in [1.54, 1.807) is 30.3 Å². The van der Waals surface area contributed by atoms with Crippen LogP contribution < -0.4 is 0 Å². The van der Waals surface area contributed by atoms with Crippen molar-refractivity contribution >= 4 is 15.6 Å². The molecule has 0 radical (unpaired) electrons. The van der Waals surface area contributed by atoms with Gasteiger partial charge in [0.05, 0.1) is 10.6 Å². The Balaban J connectivity index is 1.56. The second-order valence-corrected chi connectivity index (χ2v) is 9.94. The molecule has 28 heavy (non-hydrogen) atoms. The lowest BCUT2D eigenvalue weighted by Crippen LogP contribution is -2.34. The van der Waals surface area contributed by atoms with E-state index in [4.69, 9.17) is 0 Å². The van der Waals surface area contributed by atoms with E-state index < -0.39 is 9.84 Å². The summed E-state index contributed by atoms with van der Waals surface area (Å²) in [6.45, 7) is 2.20. The van der Waals surface area contributed by atoms with Crippen molar-refractivity contribution < 1.29 is 13.2 Å². The molecule has 2 aromatic carbocycles. The van der Waals surface area contributed by atoms with E-state index in [9.17, 15) is 13.2 Å². The fourth-order valence-electron chi connectivity index (χ4n) is 4.06. The van der Waals surface area contributed by atoms with Gasteiger partial charge in [-0.15, -0.1) is 0 Å². The summed E-state index contributed by atoms with van der Waals surface area (Å²) in [5, 5.41) is 0. The van der Waals surface area contributed by atoms with Crippen molar-refractivity contribution in [1.82, 2.24) is 0 Å². The molecule has 0 aliphatic heterocycles. The first-order chi connectivity index (χ1) is 13.4. The first kappa shape index (κ1) is 20.5. The van der Waals surface area contributed by atoms with Gasteiger partial charge in [0.15, 0.2) is 15.6 Å². The van der Waals surface area contributed by atoms with Crippen LogP contribution in [0.5, 0.6) is 0 Å². The third-order valence-corrected chi connectivity index (χ3v) is 7.69. The van der Waals surface area contributed by atoms with Crippen molar-refractivity contribution in [1.29, 1.82) is 0 Å². The van der Waals surface area contributed by atoms with Gasteiger partial charge in [0, 0.05) is 11.8 Å². The number of carbonyl (C=O) groups is 1. The Hall–Kier alpha value is -2.20. The molecule has 0 unspecified atom stereocenters. The van der Waals surface area contributed by atoms with Crippen LogP contribution in [0.15, 0.2) is 77.7 Å². The third-order valence-electron chi connectivity index (χ3n) is 5.87. The van der Waals surface area contributed by atoms with Crippen LogP contribution in [0.1, 0.15) is 44.6 Å². The van der Waals surface area contributed by atoms with Crippen molar-refractivity contribution in [3.05, 3.63) is 78.4 Å². The molecule has 0 aromatic heterocycles. The molecule has 0 amide bonds. The maximum Gasteiger partial charge on any atom is 0.178 e. The molecular weight excluding hydrogens is 368 g/mol. The Morgan fingerprint density at radius 1 is 0.929 bits per heavy atom. The zero-order chi connectivity index (χ0) is 20.0. The van der Waals surface area contributed by atoms with Gasteiger partial charge in [-0.3, -0.25) is 4.79 Å². The molecule has 0 spiro atoms. The molecule has 2 atom stereocenters. The quantitative estimate of drug-likeness (QED) is 0.582. The molecule has 2 aromatic rings. The molecule has 0 saturated heterocycles. The summed E-state index contributed by atoms with van der Waals surface area (Å²) < 4.78 is 24.7. The van der Waals surface area contributed by atoms with Crippen LogP contribution in [-0.2, 0) is 20.0 Å². The number of unbranched alkanes of at least 4 members (excludes halogenated alkanes) is 2. The van der Waals surface area contributed by atoms with Gasteiger partial charge in [-0.1, -0.05) is 74.4 Å². The minimum absolute atomic E-state index is 0.148. The largest absolute Gasteiger partial charge is 0.295 e. The van der Waals surface area contributed by atoms with E-state index in [0.717, 1.165) is 19.3 Å². The second kappa shape index (κ2) is 8.87. The highest BCUT2D eigenvalue weighted by atomic mass is 32.2. The van der Waals surface area contributed by atoms with Crippen molar-refractivity contribution in [2.45, 2.75) is 49.3 Å². The van der Waals surface area contributed by atoms with E-state index in [0.29, 0.717) is 17.7 Å². The van der Waals surface area contributed by atoms with E-state index in [1.807, 2.05) is 24.3 Å². The van der Waals surface area contributed by atoms with Gasteiger partial charge >= 0.3 is 0 Å². The number of rotatable bonds is 8. The number of benzene rings is 2. The molecule has 1 aliphatic carbocycles. The Kier molecular flexibility index (Phi) is 6.50. The first-order valence-electron chi connectivity index (χ1n) is 9.97. The normalized spacial score (nSPS) is 22.3. The summed E-state index contributed by atoms with van der Waals surface area (Å²) in [6.07, 6.45) is 7.69. The minimum Gasteiger partial charge on any atom is -0.295 e. The van der Waals surface area contributed by atoms with Gasteiger partial charge < -0.3 is 0 Å².